The minimum atomic E-state index is 0.896. The van der Waals surface area contributed by atoms with Gasteiger partial charge in [0.1, 0.15) is 11.5 Å². The monoisotopic (exact) mass is 216 g/mol. The van der Waals surface area contributed by atoms with E-state index in [2.05, 4.69) is 24.2 Å². The summed E-state index contributed by atoms with van der Waals surface area (Å²) in [5.41, 5.74) is 2.01. The van der Waals surface area contributed by atoms with Crippen LogP contribution in [-0.4, -0.2) is 30.7 Å². The van der Waals surface area contributed by atoms with E-state index in [9.17, 15) is 0 Å². The zero-order valence-corrected chi connectivity index (χ0v) is 9.68. The predicted octanol–water partition coefficient (Wildman–Crippen LogP) is 2.45. The van der Waals surface area contributed by atoms with Crippen molar-refractivity contribution in [3.8, 4) is 11.3 Å². The van der Waals surface area contributed by atoms with Crippen molar-refractivity contribution in [2.24, 2.45) is 0 Å². The summed E-state index contributed by atoms with van der Waals surface area (Å²) < 4.78 is 5.29. The fourth-order valence-corrected chi connectivity index (χ4v) is 1.51. The number of hydrogen-bond donors (Lipinski definition) is 0. The minimum absolute atomic E-state index is 0.896. The van der Waals surface area contributed by atoms with E-state index >= 15 is 0 Å². The number of rotatable bonds is 4. The third-order valence-corrected chi connectivity index (χ3v) is 2.43. The third kappa shape index (κ3) is 2.70. The van der Waals surface area contributed by atoms with Crippen molar-refractivity contribution in [2.75, 3.05) is 20.6 Å². The molecule has 0 amide bonds. The molecule has 0 fully saturated rings. The largest absolute Gasteiger partial charge is 0.361 e. The van der Waals surface area contributed by atoms with Crippen LogP contribution in [0.4, 0.5) is 0 Å². The van der Waals surface area contributed by atoms with Gasteiger partial charge in [0.15, 0.2) is 0 Å². The fourth-order valence-electron chi connectivity index (χ4n) is 1.51. The standard InChI is InChI=1S/C13H16N2O/c1-15(2)9-8-12-10-13(14-16-12)11-6-4-3-5-7-11/h3-7,10H,8-9H2,1-2H3. The van der Waals surface area contributed by atoms with Gasteiger partial charge < -0.3 is 9.42 Å². The van der Waals surface area contributed by atoms with Crippen LogP contribution < -0.4 is 0 Å². The van der Waals surface area contributed by atoms with Gasteiger partial charge in [0.05, 0.1) is 0 Å². The molecule has 3 heteroatoms. The van der Waals surface area contributed by atoms with Crippen LogP contribution >= 0.6 is 0 Å². The molecule has 0 bridgehead atoms. The smallest absolute Gasteiger partial charge is 0.138 e. The highest BCUT2D eigenvalue weighted by Crippen LogP contribution is 2.18. The molecule has 1 aromatic heterocycles. The van der Waals surface area contributed by atoms with Crippen molar-refractivity contribution >= 4 is 0 Å². The van der Waals surface area contributed by atoms with Crippen LogP contribution in [0.1, 0.15) is 5.76 Å². The average Bonchev–Trinajstić information content (AvgIpc) is 2.76. The molecular weight excluding hydrogens is 200 g/mol. The lowest BCUT2D eigenvalue weighted by atomic mass is 10.1. The van der Waals surface area contributed by atoms with Gasteiger partial charge in [-0.1, -0.05) is 35.5 Å². The molecule has 0 aliphatic heterocycles. The van der Waals surface area contributed by atoms with E-state index < -0.39 is 0 Å². The van der Waals surface area contributed by atoms with Gasteiger partial charge in [-0.3, -0.25) is 0 Å². The summed E-state index contributed by atoms with van der Waals surface area (Å²) in [6.45, 7) is 0.976. The zero-order chi connectivity index (χ0) is 11.4. The quantitative estimate of drug-likeness (QED) is 0.786. The molecule has 1 heterocycles. The van der Waals surface area contributed by atoms with Crippen molar-refractivity contribution in [1.82, 2.24) is 10.1 Å². The van der Waals surface area contributed by atoms with E-state index in [0.29, 0.717) is 0 Å². The Morgan fingerprint density at radius 1 is 1.19 bits per heavy atom. The molecule has 0 saturated carbocycles. The molecular formula is C13H16N2O. The average molecular weight is 216 g/mol. The van der Waals surface area contributed by atoms with Crippen LogP contribution in [0.25, 0.3) is 11.3 Å². The van der Waals surface area contributed by atoms with E-state index in [4.69, 9.17) is 4.52 Å². The fraction of sp³-hybridized carbons (Fsp3) is 0.308. The van der Waals surface area contributed by atoms with Crippen LogP contribution in [0.2, 0.25) is 0 Å². The molecule has 0 atom stereocenters. The topological polar surface area (TPSA) is 29.3 Å². The molecule has 3 nitrogen and oxygen atoms in total. The van der Waals surface area contributed by atoms with Crippen molar-refractivity contribution in [3.05, 3.63) is 42.2 Å². The number of hydrogen-bond acceptors (Lipinski definition) is 3. The maximum atomic E-state index is 5.29. The number of nitrogens with zero attached hydrogens (tertiary/aromatic N) is 2. The number of aromatic nitrogens is 1. The van der Waals surface area contributed by atoms with E-state index in [-0.39, 0.29) is 0 Å². The van der Waals surface area contributed by atoms with E-state index in [1.807, 2.05) is 36.4 Å². The first-order valence-electron chi connectivity index (χ1n) is 5.41. The van der Waals surface area contributed by atoms with Gasteiger partial charge in [0.25, 0.3) is 0 Å². The van der Waals surface area contributed by atoms with Gasteiger partial charge >= 0.3 is 0 Å². The molecule has 16 heavy (non-hydrogen) atoms. The third-order valence-electron chi connectivity index (χ3n) is 2.43. The predicted molar refractivity (Wildman–Crippen MR) is 64.2 cm³/mol. The molecule has 0 saturated heterocycles. The highest BCUT2D eigenvalue weighted by atomic mass is 16.5. The Balaban J connectivity index is 2.08. The Morgan fingerprint density at radius 3 is 2.62 bits per heavy atom. The van der Waals surface area contributed by atoms with Gasteiger partial charge in [0, 0.05) is 24.6 Å². The summed E-state index contributed by atoms with van der Waals surface area (Å²) in [6.07, 6.45) is 0.896. The van der Waals surface area contributed by atoms with Crippen molar-refractivity contribution in [1.29, 1.82) is 0 Å². The first kappa shape index (κ1) is 10.9. The summed E-state index contributed by atoms with van der Waals surface area (Å²) in [5.74, 6) is 0.938. The Kier molecular flexibility index (Phi) is 3.37. The van der Waals surface area contributed by atoms with Crippen molar-refractivity contribution in [3.63, 3.8) is 0 Å². The second kappa shape index (κ2) is 4.94. The first-order chi connectivity index (χ1) is 7.75. The van der Waals surface area contributed by atoms with Crippen LogP contribution in [0.15, 0.2) is 40.9 Å². The van der Waals surface area contributed by atoms with E-state index in [1.165, 1.54) is 0 Å². The molecule has 2 rings (SSSR count). The van der Waals surface area contributed by atoms with Gasteiger partial charge in [-0.2, -0.15) is 0 Å². The SMILES string of the molecule is CN(C)CCc1cc(-c2ccccc2)no1. The molecule has 1 aromatic carbocycles. The summed E-state index contributed by atoms with van der Waals surface area (Å²) in [4.78, 5) is 2.13. The van der Waals surface area contributed by atoms with Crippen LogP contribution in [0.5, 0.6) is 0 Å². The van der Waals surface area contributed by atoms with E-state index in [0.717, 1.165) is 30.0 Å². The zero-order valence-electron chi connectivity index (χ0n) is 9.68. The van der Waals surface area contributed by atoms with Crippen LogP contribution in [0.3, 0.4) is 0 Å². The van der Waals surface area contributed by atoms with Crippen molar-refractivity contribution in [2.45, 2.75) is 6.42 Å². The molecule has 0 N–H and O–H groups in total. The number of benzene rings is 1. The second-order valence-electron chi connectivity index (χ2n) is 4.10. The Hall–Kier alpha value is -1.61. The highest BCUT2D eigenvalue weighted by molar-refractivity contribution is 5.58. The molecule has 84 valence electrons. The Bertz CT molecular complexity index is 434. The van der Waals surface area contributed by atoms with Crippen LogP contribution in [0, 0.1) is 0 Å². The second-order valence-corrected chi connectivity index (χ2v) is 4.10. The van der Waals surface area contributed by atoms with E-state index in [1.54, 1.807) is 0 Å². The lowest BCUT2D eigenvalue weighted by Gasteiger charge is -2.05. The first-order valence-corrected chi connectivity index (χ1v) is 5.41. The molecule has 0 aliphatic carbocycles. The lowest BCUT2D eigenvalue weighted by Crippen LogP contribution is -2.14. The van der Waals surface area contributed by atoms with Gasteiger partial charge in [-0.25, -0.2) is 0 Å². The lowest BCUT2D eigenvalue weighted by molar-refractivity contribution is 0.350. The van der Waals surface area contributed by atoms with Gasteiger partial charge in [0.2, 0.25) is 0 Å². The normalized spacial score (nSPS) is 10.9. The Labute approximate surface area is 95.7 Å². The molecule has 0 spiro atoms. The summed E-state index contributed by atoms with van der Waals surface area (Å²) >= 11 is 0. The Morgan fingerprint density at radius 2 is 1.94 bits per heavy atom. The summed E-state index contributed by atoms with van der Waals surface area (Å²) in [7, 11) is 4.10. The summed E-state index contributed by atoms with van der Waals surface area (Å²) in [6, 6.07) is 12.1. The highest BCUT2D eigenvalue weighted by Gasteiger charge is 2.05. The van der Waals surface area contributed by atoms with Crippen LogP contribution in [-0.2, 0) is 6.42 Å². The molecule has 0 unspecified atom stereocenters. The molecule has 2 aromatic rings. The maximum absolute atomic E-state index is 5.29. The molecule has 0 radical (unpaired) electrons. The maximum Gasteiger partial charge on any atom is 0.138 e. The van der Waals surface area contributed by atoms with Gasteiger partial charge in [-0.05, 0) is 14.1 Å². The number of likely N-dealkylation sites (N-methyl/N-ethyl adjacent to an activating group) is 1. The van der Waals surface area contributed by atoms with Gasteiger partial charge in [-0.15, -0.1) is 0 Å². The van der Waals surface area contributed by atoms with Crippen molar-refractivity contribution < 1.29 is 4.52 Å². The molecule has 0 aliphatic rings. The summed E-state index contributed by atoms with van der Waals surface area (Å²) in [5, 5.41) is 4.07. The minimum Gasteiger partial charge on any atom is -0.361 e.